The molecule has 0 amide bonds. The van der Waals surface area contributed by atoms with E-state index < -0.39 is 0 Å². The summed E-state index contributed by atoms with van der Waals surface area (Å²) in [6, 6.07) is 0. The summed E-state index contributed by atoms with van der Waals surface area (Å²) in [4.78, 5) is 4.75. The SMILES string of the molecule is Brc1nc(CC2CCNCC2)n2c1CCCC2. The molecular weight excluding hydrogens is 278 g/mol. The Labute approximate surface area is 111 Å². The van der Waals surface area contributed by atoms with Crippen LogP contribution in [0.15, 0.2) is 4.60 Å². The third kappa shape index (κ3) is 2.43. The molecule has 1 fully saturated rings. The number of hydrogen-bond donors (Lipinski definition) is 1. The highest BCUT2D eigenvalue weighted by Gasteiger charge is 2.21. The van der Waals surface area contributed by atoms with Crippen molar-refractivity contribution in [2.75, 3.05) is 13.1 Å². The lowest BCUT2D eigenvalue weighted by molar-refractivity contribution is 0.359. The summed E-state index contributed by atoms with van der Waals surface area (Å²) >= 11 is 3.62. The average Bonchev–Trinajstić information content (AvgIpc) is 2.69. The van der Waals surface area contributed by atoms with Crippen molar-refractivity contribution in [1.29, 1.82) is 0 Å². The normalized spacial score (nSPS) is 21.5. The molecule has 0 atom stereocenters. The summed E-state index contributed by atoms with van der Waals surface area (Å²) in [6.07, 6.45) is 7.60. The first-order chi connectivity index (χ1) is 8.34. The molecule has 3 heterocycles. The largest absolute Gasteiger partial charge is 0.331 e. The molecule has 0 spiro atoms. The Morgan fingerprint density at radius 3 is 2.94 bits per heavy atom. The number of piperidine rings is 1. The van der Waals surface area contributed by atoms with Crippen LogP contribution in [-0.2, 0) is 19.4 Å². The van der Waals surface area contributed by atoms with Crippen LogP contribution in [0.1, 0.15) is 37.2 Å². The van der Waals surface area contributed by atoms with E-state index in [9.17, 15) is 0 Å². The van der Waals surface area contributed by atoms with E-state index in [2.05, 4.69) is 25.8 Å². The molecule has 0 aliphatic carbocycles. The van der Waals surface area contributed by atoms with Gasteiger partial charge in [0.05, 0.1) is 5.69 Å². The van der Waals surface area contributed by atoms with Crippen LogP contribution in [0.3, 0.4) is 0 Å². The third-order valence-corrected chi connectivity index (χ3v) is 4.71. The number of hydrogen-bond acceptors (Lipinski definition) is 2. The Bertz CT molecular complexity index is 394. The lowest BCUT2D eigenvalue weighted by atomic mass is 9.94. The van der Waals surface area contributed by atoms with Crippen LogP contribution in [0.25, 0.3) is 0 Å². The first kappa shape index (κ1) is 11.7. The van der Waals surface area contributed by atoms with E-state index in [1.807, 2.05) is 0 Å². The quantitative estimate of drug-likeness (QED) is 0.909. The van der Waals surface area contributed by atoms with Gasteiger partial charge in [0.25, 0.3) is 0 Å². The van der Waals surface area contributed by atoms with E-state index in [4.69, 9.17) is 4.98 Å². The van der Waals surface area contributed by atoms with Crippen LogP contribution < -0.4 is 5.32 Å². The molecule has 0 saturated carbocycles. The van der Waals surface area contributed by atoms with Gasteiger partial charge in [-0.15, -0.1) is 0 Å². The van der Waals surface area contributed by atoms with Gasteiger partial charge in [-0.2, -0.15) is 0 Å². The molecule has 1 N–H and O–H groups in total. The molecule has 17 heavy (non-hydrogen) atoms. The summed E-state index contributed by atoms with van der Waals surface area (Å²) in [6.45, 7) is 3.53. The second kappa shape index (κ2) is 5.11. The van der Waals surface area contributed by atoms with E-state index in [-0.39, 0.29) is 0 Å². The molecule has 0 unspecified atom stereocenters. The zero-order chi connectivity index (χ0) is 11.7. The van der Waals surface area contributed by atoms with Crippen LogP contribution in [0.5, 0.6) is 0 Å². The van der Waals surface area contributed by atoms with Crippen molar-refractivity contribution in [3.05, 3.63) is 16.1 Å². The Hall–Kier alpha value is -0.350. The average molecular weight is 298 g/mol. The maximum absolute atomic E-state index is 4.75. The van der Waals surface area contributed by atoms with Crippen molar-refractivity contribution in [1.82, 2.24) is 14.9 Å². The van der Waals surface area contributed by atoms with Gasteiger partial charge in [0.15, 0.2) is 0 Å². The molecule has 1 saturated heterocycles. The van der Waals surface area contributed by atoms with Gasteiger partial charge in [-0.3, -0.25) is 0 Å². The minimum atomic E-state index is 0.830. The van der Waals surface area contributed by atoms with Gasteiger partial charge < -0.3 is 9.88 Å². The molecule has 3 nitrogen and oxygen atoms in total. The summed E-state index contributed by atoms with van der Waals surface area (Å²) in [5, 5.41) is 3.43. The number of nitrogens with zero attached hydrogens (tertiary/aromatic N) is 2. The van der Waals surface area contributed by atoms with Crippen molar-refractivity contribution >= 4 is 15.9 Å². The van der Waals surface area contributed by atoms with Crippen molar-refractivity contribution in [2.24, 2.45) is 5.92 Å². The molecule has 0 aromatic carbocycles. The van der Waals surface area contributed by atoms with Crippen molar-refractivity contribution in [3.63, 3.8) is 0 Å². The number of fused-ring (bicyclic) bond motifs is 1. The summed E-state index contributed by atoms with van der Waals surface area (Å²) in [7, 11) is 0. The lowest BCUT2D eigenvalue weighted by Gasteiger charge is -2.23. The number of aromatic nitrogens is 2. The zero-order valence-corrected chi connectivity index (χ0v) is 11.8. The summed E-state index contributed by atoms with van der Waals surface area (Å²) < 4.78 is 3.57. The van der Waals surface area contributed by atoms with Gasteiger partial charge in [-0.1, -0.05) is 0 Å². The molecule has 2 aliphatic heterocycles. The summed E-state index contributed by atoms with van der Waals surface area (Å²) in [5.41, 5.74) is 1.43. The van der Waals surface area contributed by atoms with E-state index in [1.54, 1.807) is 0 Å². The van der Waals surface area contributed by atoms with E-state index in [0.29, 0.717) is 0 Å². The third-order valence-electron chi connectivity index (χ3n) is 4.08. The zero-order valence-electron chi connectivity index (χ0n) is 10.2. The second-order valence-electron chi connectivity index (χ2n) is 5.27. The highest BCUT2D eigenvalue weighted by molar-refractivity contribution is 9.10. The van der Waals surface area contributed by atoms with Crippen LogP contribution in [0.2, 0.25) is 0 Å². The molecule has 0 radical (unpaired) electrons. The number of halogens is 1. The predicted molar refractivity (Wildman–Crippen MR) is 72.2 cm³/mol. The van der Waals surface area contributed by atoms with Crippen molar-refractivity contribution in [3.8, 4) is 0 Å². The van der Waals surface area contributed by atoms with Gasteiger partial charge in [-0.05, 0) is 67.0 Å². The van der Waals surface area contributed by atoms with Gasteiger partial charge in [0, 0.05) is 13.0 Å². The maximum Gasteiger partial charge on any atom is 0.127 e. The highest BCUT2D eigenvalue weighted by Crippen LogP contribution is 2.27. The monoisotopic (exact) mass is 297 g/mol. The summed E-state index contributed by atoms with van der Waals surface area (Å²) in [5.74, 6) is 2.15. The Morgan fingerprint density at radius 2 is 2.12 bits per heavy atom. The molecule has 2 aliphatic rings. The van der Waals surface area contributed by atoms with Crippen LogP contribution in [-0.4, -0.2) is 22.6 Å². The molecular formula is C13H20BrN3. The van der Waals surface area contributed by atoms with Gasteiger partial charge >= 0.3 is 0 Å². The first-order valence-electron chi connectivity index (χ1n) is 6.79. The number of rotatable bonds is 2. The smallest absolute Gasteiger partial charge is 0.127 e. The van der Waals surface area contributed by atoms with E-state index in [1.165, 1.54) is 69.7 Å². The van der Waals surface area contributed by atoms with Crippen LogP contribution in [0, 0.1) is 5.92 Å². The van der Waals surface area contributed by atoms with E-state index >= 15 is 0 Å². The van der Waals surface area contributed by atoms with E-state index in [0.717, 1.165) is 10.5 Å². The van der Waals surface area contributed by atoms with Crippen LogP contribution >= 0.6 is 15.9 Å². The fourth-order valence-corrected chi connectivity index (χ4v) is 3.69. The van der Waals surface area contributed by atoms with Gasteiger partial charge in [0.1, 0.15) is 10.4 Å². The minimum absolute atomic E-state index is 0.830. The minimum Gasteiger partial charge on any atom is -0.331 e. The van der Waals surface area contributed by atoms with Gasteiger partial charge in [0.2, 0.25) is 0 Å². The Morgan fingerprint density at radius 1 is 1.29 bits per heavy atom. The van der Waals surface area contributed by atoms with Crippen molar-refractivity contribution in [2.45, 2.75) is 45.1 Å². The number of imidazole rings is 1. The molecule has 0 bridgehead atoms. The molecule has 4 heteroatoms. The Balaban J connectivity index is 1.78. The second-order valence-corrected chi connectivity index (χ2v) is 6.02. The topological polar surface area (TPSA) is 29.9 Å². The fourth-order valence-electron chi connectivity index (χ4n) is 3.07. The first-order valence-corrected chi connectivity index (χ1v) is 7.58. The number of nitrogens with one attached hydrogen (secondary N) is 1. The molecule has 1 aromatic heterocycles. The fraction of sp³-hybridized carbons (Fsp3) is 0.769. The Kier molecular flexibility index (Phi) is 3.52. The molecule has 94 valence electrons. The molecule has 3 rings (SSSR count). The van der Waals surface area contributed by atoms with Gasteiger partial charge in [-0.25, -0.2) is 4.98 Å². The lowest BCUT2D eigenvalue weighted by Crippen LogP contribution is -2.29. The standard InChI is InChI=1S/C13H20BrN3/c14-13-11-3-1-2-8-17(11)12(16-13)9-10-4-6-15-7-5-10/h10,15H,1-9H2. The van der Waals surface area contributed by atoms with Crippen molar-refractivity contribution < 1.29 is 0 Å². The van der Waals surface area contributed by atoms with Crippen LogP contribution in [0.4, 0.5) is 0 Å². The molecule has 1 aromatic rings. The maximum atomic E-state index is 4.75. The predicted octanol–water partition coefficient (Wildman–Crippen LogP) is 2.52. The highest BCUT2D eigenvalue weighted by atomic mass is 79.9.